The van der Waals surface area contributed by atoms with Gasteiger partial charge in [0.15, 0.2) is 0 Å². The first kappa shape index (κ1) is 18.4. The Balaban J connectivity index is 1.65. The highest BCUT2D eigenvalue weighted by Crippen LogP contribution is 2.26. The second-order valence-electron chi connectivity index (χ2n) is 5.85. The van der Waals surface area contributed by atoms with Crippen LogP contribution in [-0.4, -0.2) is 38.0 Å². The van der Waals surface area contributed by atoms with Gasteiger partial charge in [-0.15, -0.1) is 0 Å². The summed E-state index contributed by atoms with van der Waals surface area (Å²) in [5.41, 5.74) is 5.93. The van der Waals surface area contributed by atoms with Gasteiger partial charge in [-0.05, 0) is 36.4 Å². The first-order valence-corrected chi connectivity index (χ1v) is 8.24. The standard InChI is InChI=1S/C19H19N3O5/c1-26-14-8-6-12(7-9-14)18(24)21-20-16-11-17(23)22(19(16)25)13-4-3-5-15(10-13)27-2/h3-10,16,20H,11H2,1-2H3,(H,21,24)/t16-/m1/s1. The fourth-order valence-electron chi connectivity index (χ4n) is 2.73. The van der Waals surface area contributed by atoms with Gasteiger partial charge in [0, 0.05) is 11.6 Å². The lowest BCUT2D eigenvalue weighted by Gasteiger charge is -2.16. The summed E-state index contributed by atoms with van der Waals surface area (Å²) in [5.74, 6) is -0.0483. The molecule has 1 heterocycles. The third kappa shape index (κ3) is 3.90. The maximum atomic E-state index is 12.6. The molecule has 8 nitrogen and oxygen atoms in total. The van der Waals surface area contributed by atoms with Gasteiger partial charge in [0.05, 0.1) is 26.3 Å². The van der Waals surface area contributed by atoms with E-state index in [1.54, 1.807) is 48.5 Å². The minimum Gasteiger partial charge on any atom is -0.497 e. The number of ether oxygens (including phenoxy) is 2. The van der Waals surface area contributed by atoms with Gasteiger partial charge in [0.1, 0.15) is 17.5 Å². The number of amides is 3. The summed E-state index contributed by atoms with van der Waals surface area (Å²) < 4.78 is 10.2. The fourth-order valence-corrected chi connectivity index (χ4v) is 2.73. The van der Waals surface area contributed by atoms with Crippen LogP contribution < -0.4 is 25.2 Å². The van der Waals surface area contributed by atoms with Crippen LogP contribution in [0.5, 0.6) is 11.5 Å². The molecule has 1 aliphatic rings. The molecule has 0 aliphatic carbocycles. The van der Waals surface area contributed by atoms with Crippen molar-refractivity contribution in [3.8, 4) is 11.5 Å². The number of hydrogen-bond donors (Lipinski definition) is 2. The molecule has 1 aliphatic heterocycles. The minimum absolute atomic E-state index is 0.0566. The summed E-state index contributed by atoms with van der Waals surface area (Å²) in [7, 11) is 3.04. The summed E-state index contributed by atoms with van der Waals surface area (Å²) in [6.45, 7) is 0. The largest absolute Gasteiger partial charge is 0.497 e. The first-order chi connectivity index (χ1) is 13.0. The van der Waals surface area contributed by atoms with Crippen molar-refractivity contribution in [1.29, 1.82) is 0 Å². The molecule has 2 N–H and O–H groups in total. The zero-order valence-electron chi connectivity index (χ0n) is 14.9. The fraction of sp³-hybridized carbons (Fsp3) is 0.211. The Kier molecular flexibility index (Phi) is 5.37. The number of benzene rings is 2. The van der Waals surface area contributed by atoms with Gasteiger partial charge >= 0.3 is 0 Å². The van der Waals surface area contributed by atoms with Crippen LogP contribution >= 0.6 is 0 Å². The molecule has 0 radical (unpaired) electrons. The van der Waals surface area contributed by atoms with E-state index < -0.39 is 17.9 Å². The third-order valence-corrected chi connectivity index (χ3v) is 4.17. The molecule has 0 aromatic heterocycles. The maximum absolute atomic E-state index is 12.6. The highest BCUT2D eigenvalue weighted by molar-refractivity contribution is 6.22. The van der Waals surface area contributed by atoms with E-state index >= 15 is 0 Å². The Labute approximate surface area is 156 Å². The molecule has 0 spiro atoms. The summed E-state index contributed by atoms with van der Waals surface area (Å²) in [6.07, 6.45) is -0.0566. The normalized spacial score (nSPS) is 16.4. The number of carbonyl (C=O) groups is 3. The molecule has 0 bridgehead atoms. The molecule has 0 saturated carbocycles. The molecule has 8 heteroatoms. The molecular weight excluding hydrogens is 350 g/mol. The van der Waals surface area contributed by atoms with E-state index in [1.807, 2.05) is 0 Å². The summed E-state index contributed by atoms with van der Waals surface area (Å²) in [6, 6.07) is 12.3. The second kappa shape index (κ2) is 7.88. The Bertz CT molecular complexity index is 866. The van der Waals surface area contributed by atoms with Gasteiger partial charge in [0.25, 0.3) is 11.8 Å². The molecule has 1 saturated heterocycles. The van der Waals surface area contributed by atoms with Crippen molar-refractivity contribution in [1.82, 2.24) is 10.9 Å². The number of rotatable bonds is 6. The van der Waals surface area contributed by atoms with Crippen molar-refractivity contribution in [2.24, 2.45) is 0 Å². The average Bonchev–Trinajstić information content (AvgIpc) is 2.99. The Hall–Kier alpha value is -3.39. The van der Waals surface area contributed by atoms with Gasteiger partial charge < -0.3 is 9.47 Å². The van der Waals surface area contributed by atoms with Crippen LogP contribution in [0.25, 0.3) is 0 Å². The molecule has 2 aromatic rings. The number of imide groups is 1. The van der Waals surface area contributed by atoms with Crippen molar-refractivity contribution < 1.29 is 23.9 Å². The van der Waals surface area contributed by atoms with Gasteiger partial charge in [0.2, 0.25) is 5.91 Å². The van der Waals surface area contributed by atoms with Crippen LogP contribution in [0.4, 0.5) is 5.69 Å². The van der Waals surface area contributed by atoms with Crippen LogP contribution in [0.15, 0.2) is 48.5 Å². The van der Waals surface area contributed by atoms with Gasteiger partial charge in [-0.3, -0.25) is 19.8 Å². The van der Waals surface area contributed by atoms with Gasteiger partial charge in [-0.25, -0.2) is 10.3 Å². The third-order valence-electron chi connectivity index (χ3n) is 4.17. The smallest absolute Gasteiger partial charge is 0.265 e. The molecule has 3 rings (SSSR count). The van der Waals surface area contributed by atoms with Crippen LogP contribution in [-0.2, 0) is 9.59 Å². The average molecular weight is 369 g/mol. The van der Waals surface area contributed by atoms with E-state index in [4.69, 9.17) is 9.47 Å². The monoisotopic (exact) mass is 369 g/mol. The van der Waals surface area contributed by atoms with E-state index in [2.05, 4.69) is 10.9 Å². The maximum Gasteiger partial charge on any atom is 0.265 e. The van der Waals surface area contributed by atoms with Crippen molar-refractivity contribution in [2.45, 2.75) is 12.5 Å². The molecule has 1 atom stereocenters. The van der Waals surface area contributed by atoms with Crippen molar-refractivity contribution in [3.63, 3.8) is 0 Å². The zero-order chi connectivity index (χ0) is 19.4. The van der Waals surface area contributed by atoms with Crippen LogP contribution in [0.1, 0.15) is 16.8 Å². The lowest BCUT2D eigenvalue weighted by Crippen LogP contribution is -2.48. The van der Waals surface area contributed by atoms with Gasteiger partial charge in [-0.1, -0.05) is 6.07 Å². The molecule has 27 heavy (non-hydrogen) atoms. The molecule has 2 aromatic carbocycles. The van der Waals surface area contributed by atoms with Gasteiger partial charge in [-0.2, -0.15) is 0 Å². The molecular formula is C19H19N3O5. The summed E-state index contributed by atoms with van der Waals surface area (Å²) in [4.78, 5) is 38.1. The molecule has 0 unspecified atom stereocenters. The van der Waals surface area contributed by atoms with Crippen molar-refractivity contribution >= 4 is 23.4 Å². The predicted octanol–water partition coefficient (Wildman–Crippen LogP) is 1.27. The van der Waals surface area contributed by atoms with E-state index in [1.165, 1.54) is 14.2 Å². The Morgan fingerprint density at radius 1 is 1.04 bits per heavy atom. The summed E-state index contributed by atoms with van der Waals surface area (Å²) >= 11 is 0. The van der Waals surface area contributed by atoms with E-state index in [-0.39, 0.29) is 12.3 Å². The first-order valence-electron chi connectivity index (χ1n) is 8.24. The number of hydrazine groups is 1. The Morgan fingerprint density at radius 2 is 1.74 bits per heavy atom. The highest BCUT2D eigenvalue weighted by atomic mass is 16.5. The number of nitrogens with zero attached hydrogens (tertiary/aromatic N) is 1. The number of carbonyl (C=O) groups excluding carboxylic acids is 3. The number of methoxy groups -OCH3 is 2. The van der Waals surface area contributed by atoms with Crippen molar-refractivity contribution in [2.75, 3.05) is 19.1 Å². The quantitative estimate of drug-likeness (QED) is 0.588. The van der Waals surface area contributed by atoms with E-state index in [0.717, 1.165) is 4.90 Å². The molecule has 3 amide bonds. The zero-order valence-corrected chi connectivity index (χ0v) is 14.9. The topological polar surface area (TPSA) is 97.0 Å². The van der Waals surface area contributed by atoms with Crippen LogP contribution in [0, 0.1) is 0 Å². The number of nitrogens with one attached hydrogen (secondary N) is 2. The van der Waals surface area contributed by atoms with Crippen molar-refractivity contribution in [3.05, 3.63) is 54.1 Å². The summed E-state index contributed by atoms with van der Waals surface area (Å²) in [5, 5.41) is 0. The van der Waals surface area contributed by atoms with E-state index in [9.17, 15) is 14.4 Å². The highest BCUT2D eigenvalue weighted by Gasteiger charge is 2.39. The lowest BCUT2D eigenvalue weighted by atomic mass is 10.2. The number of hydrogen-bond acceptors (Lipinski definition) is 6. The van der Waals surface area contributed by atoms with E-state index in [0.29, 0.717) is 22.7 Å². The second-order valence-corrected chi connectivity index (χ2v) is 5.85. The Morgan fingerprint density at radius 3 is 2.41 bits per heavy atom. The SMILES string of the molecule is COc1ccc(C(=O)NN[C@@H]2CC(=O)N(c3cccc(OC)c3)C2=O)cc1. The molecule has 1 fully saturated rings. The van der Waals surface area contributed by atoms with Crippen LogP contribution in [0.3, 0.4) is 0 Å². The number of anilines is 1. The molecule has 140 valence electrons. The van der Waals surface area contributed by atoms with Crippen LogP contribution in [0.2, 0.25) is 0 Å². The predicted molar refractivity (Wildman–Crippen MR) is 97.5 cm³/mol. The minimum atomic E-state index is -0.842. The lowest BCUT2D eigenvalue weighted by molar-refractivity contribution is -0.121.